The van der Waals surface area contributed by atoms with Crippen molar-refractivity contribution in [1.29, 1.82) is 0 Å². The van der Waals surface area contributed by atoms with Crippen molar-refractivity contribution in [2.24, 2.45) is 5.92 Å². The van der Waals surface area contributed by atoms with Gasteiger partial charge in [0.05, 0.1) is 12.0 Å². The highest BCUT2D eigenvalue weighted by Crippen LogP contribution is 2.46. The maximum Gasteiger partial charge on any atom is 0.408 e. The minimum Gasteiger partial charge on any atom is -0.497 e. The van der Waals surface area contributed by atoms with E-state index in [1.807, 2.05) is 24.3 Å². The van der Waals surface area contributed by atoms with Gasteiger partial charge in [-0.3, -0.25) is 19.3 Å². The number of nitrogens with zero attached hydrogens (tertiary/aromatic N) is 2. The molecule has 5 atom stereocenters. The Bertz CT molecular complexity index is 2130. The summed E-state index contributed by atoms with van der Waals surface area (Å²) in [7, 11) is -2.83. The van der Waals surface area contributed by atoms with Crippen molar-refractivity contribution in [2.45, 2.75) is 118 Å². The number of benzene rings is 3. The highest BCUT2D eigenvalue weighted by Gasteiger charge is 2.61. The van der Waals surface area contributed by atoms with Crippen LogP contribution in [0.2, 0.25) is 0 Å². The van der Waals surface area contributed by atoms with E-state index >= 15 is 0 Å². The van der Waals surface area contributed by atoms with E-state index in [9.17, 15) is 27.6 Å². The molecule has 3 heterocycles. The quantitative estimate of drug-likeness (QED) is 0.277. The number of hydrogen-bond acceptors (Lipinski definition) is 9. The van der Waals surface area contributed by atoms with Crippen molar-refractivity contribution in [3.05, 3.63) is 83.9 Å². The van der Waals surface area contributed by atoms with E-state index in [1.54, 1.807) is 4.90 Å². The smallest absolute Gasteiger partial charge is 0.408 e. The largest absolute Gasteiger partial charge is 0.497 e. The lowest BCUT2D eigenvalue weighted by Crippen LogP contribution is -2.58. The number of ether oxygens (including phenoxy) is 2. The first-order valence-corrected chi connectivity index (χ1v) is 21.7. The third-order valence-corrected chi connectivity index (χ3v) is 13.8. The number of hydrogen-bond donors (Lipinski definition) is 3. The Morgan fingerprint density at radius 2 is 1.60 bits per heavy atom. The molecule has 0 radical (unpaired) electrons. The molecule has 0 aromatic heterocycles. The molecule has 3 aromatic carbocycles. The van der Waals surface area contributed by atoms with Crippen LogP contribution < -0.4 is 20.1 Å². The lowest BCUT2D eigenvalue weighted by molar-refractivity contribution is -0.141. The molecule has 57 heavy (non-hydrogen) atoms. The summed E-state index contributed by atoms with van der Waals surface area (Å²) in [5.41, 5.74) is 0.804. The van der Waals surface area contributed by atoms with Crippen molar-refractivity contribution in [1.82, 2.24) is 25.2 Å². The second kappa shape index (κ2) is 16.1. The fourth-order valence-corrected chi connectivity index (χ4v) is 10.3. The van der Waals surface area contributed by atoms with Crippen LogP contribution in [-0.4, -0.2) is 85.5 Å². The molecule has 4 unspecified atom stereocenters. The van der Waals surface area contributed by atoms with Gasteiger partial charge in [-0.15, -0.1) is 0 Å². The topological polar surface area (TPSA) is 163 Å². The monoisotopic (exact) mass is 797 g/mol. The van der Waals surface area contributed by atoms with Crippen LogP contribution in [0.3, 0.4) is 0 Å². The first-order chi connectivity index (χ1) is 27.5. The third kappa shape index (κ3) is 8.11. The lowest BCUT2D eigenvalue weighted by Gasteiger charge is -2.34. The fourth-order valence-electron chi connectivity index (χ4n) is 9.24. The van der Waals surface area contributed by atoms with Gasteiger partial charge in [0.25, 0.3) is 15.9 Å². The van der Waals surface area contributed by atoms with Gasteiger partial charge in [-0.1, -0.05) is 61.4 Å². The summed E-state index contributed by atoms with van der Waals surface area (Å²) in [5, 5.41) is 8.24. The van der Waals surface area contributed by atoms with Gasteiger partial charge < -0.3 is 25.0 Å². The van der Waals surface area contributed by atoms with Gasteiger partial charge in [-0.2, -0.15) is 0 Å². The number of sulfonamides is 1. The maximum absolute atomic E-state index is 14.7. The minimum absolute atomic E-state index is 0.122. The Morgan fingerprint density at radius 3 is 2.30 bits per heavy atom. The standard InChI is InChI=1S/C43H51N5O8S/c1-55-33-19-21-35(22-20-33)57(53,54)46-41(51)43-24-31(43)15-5-3-2-4-6-18-36(44-42(52)56-34-16-7-8-17-34)40(50)48-27-32(23-37(48)39(49)45-43)47-25-29-13-9-11-28-12-10-14-30(26-47)38(28)29/h5,9-15,19-22,31-32,34,36-37H,2-4,6-8,16-18,23-27H2,1H3,(H,44,52)(H,45,49)(H,46,51)/b15-5+/t31?,32-,36?,37?,43?/m1/s1. The van der Waals surface area contributed by atoms with Crippen LogP contribution >= 0.6 is 0 Å². The minimum atomic E-state index is -4.30. The molecule has 5 aliphatic rings. The number of fused-ring (bicyclic) bond motifs is 2. The van der Waals surface area contributed by atoms with E-state index in [0.717, 1.165) is 38.5 Å². The van der Waals surface area contributed by atoms with E-state index in [-0.39, 0.29) is 42.3 Å². The zero-order chi connectivity index (χ0) is 39.7. The maximum atomic E-state index is 14.7. The molecule has 3 aliphatic heterocycles. The zero-order valence-corrected chi connectivity index (χ0v) is 33.1. The SMILES string of the molecule is COc1ccc(S(=O)(=O)NC(=O)C23CC2/C=C/CCCCCC(NC(=O)OC2CCCC2)C(=O)N2C[C@H](N4Cc5cccc6cccc(c56)C4)CC2C(=O)N3)cc1. The van der Waals surface area contributed by atoms with Crippen LogP contribution in [0.4, 0.5) is 4.79 Å². The van der Waals surface area contributed by atoms with E-state index in [4.69, 9.17) is 9.47 Å². The Morgan fingerprint density at radius 1 is 0.895 bits per heavy atom. The van der Waals surface area contributed by atoms with Crippen molar-refractivity contribution in [3.8, 4) is 5.75 Å². The summed E-state index contributed by atoms with van der Waals surface area (Å²) >= 11 is 0. The van der Waals surface area contributed by atoms with E-state index in [1.165, 1.54) is 53.3 Å². The Hall–Kier alpha value is -4.95. The molecule has 13 nitrogen and oxygen atoms in total. The van der Waals surface area contributed by atoms with Crippen LogP contribution in [0.5, 0.6) is 5.75 Å². The average Bonchev–Trinajstić information content (AvgIpc) is 3.48. The van der Waals surface area contributed by atoms with Crippen LogP contribution in [-0.2, 0) is 42.2 Å². The van der Waals surface area contributed by atoms with Crippen molar-refractivity contribution in [2.75, 3.05) is 13.7 Å². The van der Waals surface area contributed by atoms with Gasteiger partial charge in [-0.05, 0) is 104 Å². The van der Waals surface area contributed by atoms with Crippen LogP contribution in [0, 0.1) is 5.92 Å². The summed E-state index contributed by atoms with van der Waals surface area (Å²) < 4.78 is 40.0. The number of allylic oxidation sites excluding steroid dienone is 1. The van der Waals surface area contributed by atoms with Gasteiger partial charge >= 0.3 is 6.09 Å². The Labute approximate surface area is 333 Å². The number of rotatable bonds is 7. The van der Waals surface area contributed by atoms with Crippen molar-refractivity contribution in [3.63, 3.8) is 0 Å². The Balaban J connectivity index is 1.08. The summed E-state index contributed by atoms with van der Waals surface area (Å²) in [4.78, 5) is 60.5. The predicted molar refractivity (Wildman–Crippen MR) is 212 cm³/mol. The van der Waals surface area contributed by atoms with Gasteiger partial charge in [0.2, 0.25) is 11.8 Å². The van der Waals surface area contributed by atoms with Crippen molar-refractivity contribution < 1.29 is 37.1 Å². The normalized spacial score (nSPS) is 27.6. The zero-order valence-electron chi connectivity index (χ0n) is 32.3. The van der Waals surface area contributed by atoms with E-state index < -0.39 is 51.5 Å². The van der Waals surface area contributed by atoms with Crippen LogP contribution in [0.1, 0.15) is 81.8 Å². The highest BCUT2D eigenvalue weighted by atomic mass is 32.2. The van der Waals surface area contributed by atoms with Gasteiger partial charge in [0.1, 0.15) is 29.5 Å². The summed E-state index contributed by atoms with van der Waals surface area (Å²) in [6.07, 6.45) is 10.5. The molecule has 3 aromatic rings. The van der Waals surface area contributed by atoms with Crippen LogP contribution in [0.15, 0.2) is 77.7 Å². The van der Waals surface area contributed by atoms with Gasteiger partial charge in [0.15, 0.2) is 0 Å². The fraction of sp³-hybridized carbons (Fsp3) is 0.488. The first kappa shape index (κ1) is 38.9. The summed E-state index contributed by atoms with van der Waals surface area (Å²) in [6.45, 7) is 1.50. The molecule has 3 fully saturated rings. The molecule has 8 rings (SSSR count). The van der Waals surface area contributed by atoms with Gasteiger partial charge in [0, 0.05) is 31.6 Å². The average molecular weight is 798 g/mol. The molecular weight excluding hydrogens is 747 g/mol. The van der Waals surface area contributed by atoms with Crippen LogP contribution in [0.25, 0.3) is 10.8 Å². The molecule has 302 valence electrons. The number of carbonyl (C=O) groups excluding carboxylic acids is 4. The number of alkyl carbamates (subject to hydrolysis) is 1. The molecule has 0 spiro atoms. The summed E-state index contributed by atoms with van der Waals surface area (Å²) in [6, 6.07) is 16.1. The molecular formula is C43H51N5O8S. The highest BCUT2D eigenvalue weighted by molar-refractivity contribution is 7.90. The second-order valence-corrected chi connectivity index (χ2v) is 17.9. The number of methoxy groups -OCH3 is 1. The van der Waals surface area contributed by atoms with E-state index in [2.05, 4.69) is 44.5 Å². The summed E-state index contributed by atoms with van der Waals surface area (Å²) in [5.74, 6) is -1.74. The molecule has 1 saturated heterocycles. The number of amides is 4. The molecule has 3 N–H and O–H groups in total. The molecule has 2 saturated carbocycles. The van der Waals surface area contributed by atoms with E-state index in [0.29, 0.717) is 38.1 Å². The molecule has 4 amide bonds. The molecule has 2 aliphatic carbocycles. The first-order valence-electron chi connectivity index (χ1n) is 20.3. The Kier molecular flexibility index (Phi) is 11.0. The number of nitrogens with one attached hydrogen (secondary N) is 3. The number of carbonyl (C=O) groups is 4. The lowest BCUT2D eigenvalue weighted by atomic mass is 9.94. The van der Waals surface area contributed by atoms with Crippen molar-refractivity contribution >= 4 is 44.6 Å². The molecule has 14 heteroatoms. The second-order valence-electron chi connectivity index (χ2n) is 16.2. The third-order valence-electron chi connectivity index (χ3n) is 12.5. The molecule has 0 bridgehead atoms. The predicted octanol–water partition coefficient (Wildman–Crippen LogP) is 5.07. The van der Waals surface area contributed by atoms with Gasteiger partial charge in [-0.25, -0.2) is 17.9 Å².